The van der Waals surface area contributed by atoms with E-state index in [1.807, 2.05) is 42.3 Å². The van der Waals surface area contributed by atoms with E-state index in [-0.39, 0.29) is 0 Å². The van der Waals surface area contributed by atoms with Crippen molar-refractivity contribution in [2.75, 3.05) is 0 Å². The number of nitrogens with zero attached hydrogens (tertiary/aromatic N) is 4. The minimum atomic E-state index is 0.744. The summed E-state index contributed by atoms with van der Waals surface area (Å²) in [6.07, 6.45) is 4.77. The van der Waals surface area contributed by atoms with E-state index in [9.17, 15) is 0 Å². The van der Waals surface area contributed by atoms with Gasteiger partial charge in [-0.05, 0) is 22.4 Å². The van der Waals surface area contributed by atoms with Gasteiger partial charge in [-0.25, -0.2) is 4.98 Å². The van der Waals surface area contributed by atoms with Crippen molar-refractivity contribution >= 4 is 15.9 Å². The molecule has 3 aromatic rings. The van der Waals surface area contributed by atoms with Gasteiger partial charge in [-0.15, -0.1) is 0 Å². The standard InChI is InChI=1S/C16H17BrN4/c1-3-13-15(17)14(20(2)19-13)11-21-10-9-18-16(21)12-7-5-4-6-8-12/h4-10H,3,11H2,1-2H3. The maximum atomic E-state index is 4.55. The Morgan fingerprint density at radius 3 is 2.62 bits per heavy atom. The van der Waals surface area contributed by atoms with Crippen molar-refractivity contribution < 1.29 is 0 Å². The topological polar surface area (TPSA) is 35.6 Å². The third kappa shape index (κ3) is 2.65. The largest absolute Gasteiger partial charge is 0.325 e. The summed E-state index contributed by atoms with van der Waals surface area (Å²) < 4.78 is 5.19. The molecule has 0 atom stereocenters. The normalized spacial score (nSPS) is 11.0. The van der Waals surface area contributed by atoms with E-state index in [1.54, 1.807) is 0 Å². The van der Waals surface area contributed by atoms with Gasteiger partial charge >= 0.3 is 0 Å². The Balaban J connectivity index is 1.97. The van der Waals surface area contributed by atoms with Crippen LogP contribution in [0.2, 0.25) is 0 Å². The number of rotatable bonds is 4. The fourth-order valence-electron chi connectivity index (χ4n) is 2.44. The average Bonchev–Trinajstić information content (AvgIpc) is 3.08. The van der Waals surface area contributed by atoms with E-state index < -0.39 is 0 Å². The third-order valence-electron chi connectivity index (χ3n) is 3.57. The van der Waals surface area contributed by atoms with E-state index in [0.29, 0.717) is 0 Å². The zero-order valence-electron chi connectivity index (χ0n) is 12.1. The van der Waals surface area contributed by atoms with Crippen molar-refractivity contribution in [3.8, 4) is 11.4 Å². The lowest BCUT2D eigenvalue weighted by Gasteiger charge is -2.09. The average molecular weight is 345 g/mol. The van der Waals surface area contributed by atoms with Gasteiger partial charge < -0.3 is 4.57 Å². The number of hydrogen-bond donors (Lipinski definition) is 0. The molecule has 2 aromatic heterocycles. The lowest BCUT2D eigenvalue weighted by Crippen LogP contribution is -2.06. The molecule has 0 saturated carbocycles. The minimum absolute atomic E-state index is 0.744. The minimum Gasteiger partial charge on any atom is -0.325 e. The molecule has 0 N–H and O–H groups in total. The first-order valence-electron chi connectivity index (χ1n) is 6.97. The number of aryl methyl sites for hydroxylation is 2. The van der Waals surface area contributed by atoms with E-state index in [0.717, 1.165) is 40.2 Å². The Hall–Kier alpha value is -1.88. The highest BCUT2D eigenvalue weighted by molar-refractivity contribution is 9.10. The summed E-state index contributed by atoms with van der Waals surface area (Å²) in [5, 5.41) is 4.55. The molecule has 0 saturated heterocycles. The molecule has 2 heterocycles. The molecule has 0 amide bonds. The third-order valence-corrected chi connectivity index (χ3v) is 4.49. The zero-order valence-corrected chi connectivity index (χ0v) is 13.7. The molecule has 0 fully saturated rings. The summed E-state index contributed by atoms with van der Waals surface area (Å²) in [4.78, 5) is 4.49. The zero-order chi connectivity index (χ0) is 14.8. The van der Waals surface area contributed by atoms with Gasteiger partial charge in [-0.1, -0.05) is 37.3 Å². The summed E-state index contributed by atoms with van der Waals surface area (Å²) in [5.74, 6) is 0.974. The van der Waals surface area contributed by atoms with Gasteiger partial charge in [0.15, 0.2) is 0 Å². The predicted octanol–water partition coefficient (Wildman–Crippen LogP) is 3.66. The van der Waals surface area contributed by atoms with Crippen molar-refractivity contribution in [1.29, 1.82) is 0 Å². The molecule has 3 rings (SSSR count). The van der Waals surface area contributed by atoms with Crippen LogP contribution in [0.1, 0.15) is 18.3 Å². The molecule has 4 nitrogen and oxygen atoms in total. The molecule has 0 bridgehead atoms. The van der Waals surface area contributed by atoms with Gasteiger partial charge in [0.1, 0.15) is 5.82 Å². The highest BCUT2D eigenvalue weighted by Crippen LogP contribution is 2.24. The number of hydrogen-bond acceptors (Lipinski definition) is 2. The summed E-state index contributed by atoms with van der Waals surface area (Å²) in [6, 6.07) is 10.2. The molecule has 108 valence electrons. The van der Waals surface area contributed by atoms with E-state index in [2.05, 4.69) is 49.6 Å². The van der Waals surface area contributed by atoms with Crippen LogP contribution in [-0.4, -0.2) is 19.3 Å². The van der Waals surface area contributed by atoms with E-state index >= 15 is 0 Å². The van der Waals surface area contributed by atoms with Crippen LogP contribution >= 0.6 is 15.9 Å². The summed E-state index contributed by atoms with van der Waals surface area (Å²) in [7, 11) is 1.98. The van der Waals surface area contributed by atoms with Gasteiger partial charge in [-0.3, -0.25) is 4.68 Å². The van der Waals surface area contributed by atoms with Gasteiger partial charge in [0.2, 0.25) is 0 Å². The first-order valence-corrected chi connectivity index (χ1v) is 7.76. The van der Waals surface area contributed by atoms with Crippen LogP contribution in [0.5, 0.6) is 0 Å². The van der Waals surface area contributed by atoms with Gasteiger partial charge in [0, 0.05) is 25.0 Å². The SMILES string of the molecule is CCc1nn(C)c(Cn2ccnc2-c2ccccc2)c1Br. The first kappa shape index (κ1) is 14.1. The van der Waals surface area contributed by atoms with Crippen molar-refractivity contribution in [1.82, 2.24) is 19.3 Å². The summed E-state index contributed by atoms with van der Waals surface area (Å²) in [5.41, 5.74) is 3.37. The van der Waals surface area contributed by atoms with E-state index in [4.69, 9.17) is 0 Å². The van der Waals surface area contributed by atoms with Crippen LogP contribution in [0.3, 0.4) is 0 Å². The number of benzene rings is 1. The van der Waals surface area contributed by atoms with Crippen LogP contribution in [0, 0.1) is 0 Å². The lowest BCUT2D eigenvalue weighted by atomic mass is 10.2. The Morgan fingerprint density at radius 2 is 1.95 bits per heavy atom. The van der Waals surface area contributed by atoms with Crippen molar-refractivity contribution in [3.63, 3.8) is 0 Å². The molecule has 0 aliphatic heterocycles. The molecule has 0 spiro atoms. The molecule has 1 aromatic carbocycles. The van der Waals surface area contributed by atoms with Crippen LogP contribution in [0.15, 0.2) is 47.2 Å². The van der Waals surface area contributed by atoms with Crippen LogP contribution < -0.4 is 0 Å². The first-order chi connectivity index (χ1) is 10.2. The second-order valence-corrected chi connectivity index (χ2v) is 5.72. The van der Waals surface area contributed by atoms with Crippen LogP contribution in [0.4, 0.5) is 0 Å². The Morgan fingerprint density at radius 1 is 1.19 bits per heavy atom. The predicted molar refractivity (Wildman–Crippen MR) is 87.1 cm³/mol. The van der Waals surface area contributed by atoms with Gasteiger partial charge in [-0.2, -0.15) is 5.10 Å². The van der Waals surface area contributed by atoms with Gasteiger partial charge in [0.05, 0.1) is 22.4 Å². The van der Waals surface area contributed by atoms with Crippen LogP contribution in [-0.2, 0) is 20.0 Å². The fraction of sp³-hybridized carbons (Fsp3) is 0.250. The maximum absolute atomic E-state index is 4.55. The molecule has 0 aliphatic carbocycles. The monoisotopic (exact) mass is 344 g/mol. The van der Waals surface area contributed by atoms with Crippen molar-refractivity contribution in [2.45, 2.75) is 19.9 Å². The van der Waals surface area contributed by atoms with Crippen molar-refractivity contribution in [3.05, 3.63) is 58.6 Å². The number of aromatic nitrogens is 4. The molecule has 5 heteroatoms. The Kier molecular flexibility index (Phi) is 3.92. The Labute approximate surface area is 132 Å². The van der Waals surface area contributed by atoms with Crippen LogP contribution in [0.25, 0.3) is 11.4 Å². The highest BCUT2D eigenvalue weighted by Gasteiger charge is 2.14. The number of halogens is 1. The quantitative estimate of drug-likeness (QED) is 0.724. The second-order valence-electron chi connectivity index (χ2n) is 4.93. The van der Waals surface area contributed by atoms with E-state index in [1.165, 1.54) is 0 Å². The highest BCUT2D eigenvalue weighted by atomic mass is 79.9. The van der Waals surface area contributed by atoms with Gasteiger partial charge in [0.25, 0.3) is 0 Å². The smallest absolute Gasteiger partial charge is 0.140 e. The molecule has 0 aliphatic rings. The Bertz CT molecular complexity index is 743. The fourth-order valence-corrected chi connectivity index (χ4v) is 3.18. The molecular weight excluding hydrogens is 328 g/mol. The number of imidazole rings is 1. The second kappa shape index (κ2) is 5.85. The lowest BCUT2D eigenvalue weighted by molar-refractivity contribution is 0.662. The summed E-state index contributed by atoms with van der Waals surface area (Å²) in [6.45, 7) is 2.86. The molecule has 0 unspecified atom stereocenters. The summed E-state index contributed by atoms with van der Waals surface area (Å²) >= 11 is 3.67. The molecular formula is C16H17BrN4. The molecule has 21 heavy (non-hydrogen) atoms. The van der Waals surface area contributed by atoms with Crippen molar-refractivity contribution in [2.24, 2.45) is 7.05 Å². The molecule has 0 radical (unpaired) electrons. The maximum Gasteiger partial charge on any atom is 0.140 e.